The van der Waals surface area contributed by atoms with Crippen LogP contribution in [0.3, 0.4) is 0 Å². The summed E-state index contributed by atoms with van der Waals surface area (Å²) in [5, 5.41) is 11.7. The summed E-state index contributed by atoms with van der Waals surface area (Å²) in [7, 11) is -3.33. The molecule has 0 saturated carbocycles. The van der Waals surface area contributed by atoms with Crippen molar-refractivity contribution in [1.29, 1.82) is 5.26 Å². The number of hydrogen-bond acceptors (Lipinski definition) is 5. The molecule has 0 aromatic carbocycles. The van der Waals surface area contributed by atoms with Gasteiger partial charge in [0.2, 0.25) is 5.91 Å². The number of sulfone groups is 1. The summed E-state index contributed by atoms with van der Waals surface area (Å²) >= 11 is 0. The first-order valence-electron chi connectivity index (χ1n) is 4.51. The van der Waals surface area contributed by atoms with E-state index in [0.717, 1.165) is 6.26 Å². The largest absolute Gasteiger partial charge is 0.323 e. The number of carbonyl (C=O) groups is 1. The Labute approximate surface area is 88.8 Å². The van der Waals surface area contributed by atoms with Gasteiger partial charge in [-0.2, -0.15) is 5.26 Å². The Bertz CT molecular complexity index is 384. The SMILES string of the molecule is CS(=O)(=O)CC(=O)N1CCNCC1C#N. The van der Waals surface area contributed by atoms with E-state index < -0.39 is 27.5 Å². The normalized spacial score (nSPS) is 22.1. The minimum atomic E-state index is -3.33. The zero-order valence-corrected chi connectivity index (χ0v) is 9.25. The Morgan fingerprint density at radius 2 is 2.33 bits per heavy atom. The molecule has 0 aliphatic carbocycles. The van der Waals surface area contributed by atoms with Crippen LogP contribution in [0.5, 0.6) is 0 Å². The van der Waals surface area contributed by atoms with Crippen molar-refractivity contribution in [1.82, 2.24) is 10.2 Å². The van der Waals surface area contributed by atoms with Crippen molar-refractivity contribution in [3.63, 3.8) is 0 Å². The molecular weight excluding hydrogens is 218 g/mol. The van der Waals surface area contributed by atoms with Gasteiger partial charge in [-0.05, 0) is 0 Å². The standard InChI is InChI=1S/C8H13N3O3S/c1-15(13,14)6-8(12)11-3-2-10-5-7(11)4-9/h7,10H,2-3,5-6H2,1H3. The van der Waals surface area contributed by atoms with Crippen LogP contribution >= 0.6 is 0 Å². The Morgan fingerprint density at radius 3 is 2.87 bits per heavy atom. The fraction of sp³-hybridized carbons (Fsp3) is 0.750. The van der Waals surface area contributed by atoms with Gasteiger partial charge in [0, 0.05) is 25.9 Å². The quantitative estimate of drug-likeness (QED) is 0.615. The van der Waals surface area contributed by atoms with E-state index in [1.54, 1.807) is 0 Å². The Hall–Kier alpha value is -1.13. The lowest BCUT2D eigenvalue weighted by Gasteiger charge is -2.31. The highest BCUT2D eigenvalue weighted by molar-refractivity contribution is 7.91. The molecule has 84 valence electrons. The van der Waals surface area contributed by atoms with E-state index in [4.69, 9.17) is 5.26 Å². The number of nitrogens with zero attached hydrogens (tertiary/aromatic N) is 2. The molecule has 1 rings (SSSR count). The molecular formula is C8H13N3O3S. The lowest BCUT2D eigenvalue weighted by molar-refractivity contribution is -0.130. The molecule has 1 heterocycles. The summed E-state index contributed by atoms with van der Waals surface area (Å²) in [5.41, 5.74) is 0. The van der Waals surface area contributed by atoms with Gasteiger partial charge in [0.25, 0.3) is 0 Å². The van der Waals surface area contributed by atoms with Gasteiger partial charge in [0.05, 0.1) is 6.07 Å². The van der Waals surface area contributed by atoms with Crippen molar-refractivity contribution in [2.75, 3.05) is 31.6 Å². The maximum absolute atomic E-state index is 11.6. The number of hydrogen-bond donors (Lipinski definition) is 1. The van der Waals surface area contributed by atoms with E-state index in [-0.39, 0.29) is 0 Å². The zero-order chi connectivity index (χ0) is 11.5. The van der Waals surface area contributed by atoms with Crippen molar-refractivity contribution in [3.8, 4) is 6.07 Å². The highest BCUT2D eigenvalue weighted by Crippen LogP contribution is 2.04. The first-order chi connectivity index (χ1) is 6.94. The van der Waals surface area contributed by atoms with Crippen LogP contribution < -0.4 is 5.32 Å². The average molecular weight is 231 g/mol. The molecule has 1 fully saturated rings. The second-order valence-electron chi connectivity index (χ2n) is 3.51. The Balaban J connectivity index is 2.69. The second kappa shape index (κ2) is 4.59. The van der Waals surface area contributed by atoms with Crippen LogP contribution in [0.4, 0.5) is 0 Å². The maximum atomic E-state index is 11.6. The van der Waals surface area contributed by atoms with Crippen molar-refractivity contribution in [2.45, 2.75) is 6.04 Å². The minimum absolute atomic E-state index is 0.382. The molecule has 1 unspecified atom stereocenters. The van der Waals surface area contributed by atoms with Crippen LogP contribution in [0.1, 0.15) is 0 Å². The number of piperazine rings is 1. The number of rotatable bonds is 2. The lowest BCUT2D eigenvalue weighted by Crippen LogP contribution is -2.54. The highest BCUT2D eigenvalue weighted by Gasteiger charge is 2.27. The molecule has 6 nitrogen and oxygen atoms in total. The number of carbonyl (C=O) groups excluding carboxylic acids is 1. The van der Waals surface area contributed by atoms with Crippen molar-refractivity contribution in [3.05, 3.63) is 0 Å². The smallest absolute Gasteiger partial charge is 0.238 e. The number of nitriles is 1. The van der Waals surface area contributed by atoms with Crippen LogP contribution in [-0.2, 0) is 14.6 Å². The molecule has 0 bridgehead atoms. The first kappa shape index (κ1) is 11.9. The predicted octanol–water partition coefficient (Wildman–Crippen LogP) is -1.65. The van der Waals surface area contributed by atoms with Crippen LogP contribution in [0.15, 0.2) is 0 Å². The fourth-order valence-corrected chi connectivity index (χ4v) is 2.04. The van der Waals surface area contributed by atoms with Crippen molar-refractivity contribution < 1.29 is 13.2 Å². The van der Waals surface area contributed by atoms with E-state index in [0.29, 0.717) is 19.6 Å². The van der Waals surface area contributed by atoms with Gasteiger partial charge >= 0.3 is 0 Å². The molecule has 1 saturated heterocycles. The minimum Gasteiger partial charge on any atom is -0.323 e. The monoisotopic (exact) mass is 231 g/mol. The van der Waals surface area contributed by atoms with Crippen LogP contribution in [0, 0.1) is 11.3 Å². The van der Waals surface area contributed by atoms with Gasteiger partial charge in [0.15, 0.2) is 9.84 Å². The fourth-order valence-electron chi connectivity index (χ4n) is 1.43. The van der Waals surface area contributed by atoms with Gasteiger partial charge in [0.1, 0.15) is 11.8 Å². The lowest BCUT2D eigenvalue weighted by atomic mass is 10.2. The van der Waals surface area contributed by atoms with Crippen molar-refractivity contribution in [2.24, 2.45) is 0 Å². The molecule has 1 amide bonds. The van der Waals surface area contributed by atoms with Gasteiger partial charge in [-0.3, -0.25) is 4.79 Å². The summed E-state index contributed by atoms with van der Waals surface area (Å²) in [6, 6.07) is 1.41. The number of amides is 1. The Kier molecular flexibility index (Phi) is 3.66. The molecule has 0 aromatic rings. The Morgan fingerprint density at radius 1 is 1.67 bits per heavy atom. The topological polar surface area (TPSA) is 90.3 Å². The van der Waals surface area contributed by atoms with Crippen LogP contribution in [0.2, 0.25) is 0 Å². The van der Waals surface area contributed by atoms with E-state index in [9.17, 15) is 13.2 Å². The molecule has 1 atom stereocenters. The second-order valence-corrected chi connectivity index (χ2v) is 5.65. The zero-order valence-electron chi connectivity index (χ0n) is 8.43. The van der Waals surface area contributed by atoms with E-state index >= 15 is 0 Å². The van der Waals surface area contributed by atoms with E-state index in [2.05, 4.69) is 5.32 Å². The predicted molar refractivity (Wildman–Crippen MR) is 53.7 cm³/mol. The summed E-state index contributed by atoms with van der Waals surface area (Å²) in [6.07, 6.45) is 1.01. The van der Waals surface area contributed by atoms with Crippen LogP contribution in [-0.4, -0.2) is 56.9 Å². The third-order valence-electron chi connectivity index (χ3n) is 2.10. The van der Waals surface area contributed by atoms with Gasteiger partial charge in [-0.25, -0.2) is 8.42 Å². The average Bonchev–Trinajstić information content (AvgIpc) is 2.15. The molecule has 1 aliphatic rings. The molecule has 0 radical (unpaired) electrons. The van der Waals surface area contributed by atoms with Crippen molar-refractivity contribution >= 4 is 15.7 Å². The molecule has 1 aliphatic heterocycles. The highest BCUT2D eigenvalue weighted by atomic mass is 32.2. The van der Waals surface area contributed by atoms with Crippen LogP contribution in [0.25, 0.3) is 0 Å². The molecule has 0 spiro atoms. The van der Waals surface area contributed by atoms with E-state index in [1.807, 2.05) is 6.07 Å². The number of nitrogens with one attached hydrogen (secondary N) is 1. The maximum Gasteiger partial charge on any atom is 0.238 e. The summed E-state index contributed by atoms with van der Waals surface area (Å²) < 4.78 is 21.9. The molecule has 0 aromatic heterocycles. The van der Waals surface area contributed by atoms with Gasteiger partial charge in [-0.15, -0.1) is 0 Å². The first-order valence-corrected chi connectivity index (χ1v) is 6.57. The molecule has 15 heavy (non-hydrogen) atoms. The summed E-state index contributed by atoms with van der Waals surface area (Å²) in [4.78, 5) is 12.9. The van der Waals surface area contributed by atoms with E-state index in [1.165, 1.54) is 4.90 Å². The van der Waals surface area contributed by atoms with Gasteiger partial charge < -0.3 is 10.2 Å². The summed E-state index contributed by atoms with van der Waals surface area (Å²) in [5.74, 6) is -1.02. The third kappa shape index (κ3) is 3.49. The molecule has 7 heteroatoms. The molecule has 1 N–H and O–H groups in total. The summed E-state index contributed by atoms with van der Waals surface area (Å²) in [6.45, 7) is 1.37. The third-order valence-corrected chi connectivity index (χ3v) is 2.87. The van der Waals surface area contributed by atoms with Gasteiger partial charge in [-0.1, -0.05) is 0 Å².